The molecule has 0 fully saturated rings. The normalized spacial score (nSPS) is 12.5. The van der Waals surface area contributed by atoms with E-state index in [1.165, 1.54) is 7.11 Å². The zero-order chi connectivity index (χ0) is 12.8. The minimum absolute atomic E-state index is 0.150. The molecule has 1 atom stereocenters. The minimum atomic E-state index is -0.192. The summed E-state index contributed by atoms with van der Waals surface area (Å²) in [6.07, 6.45) is 1.96. The highest BCUT2D eigenvalue weighted by Gasteiger charge is 2.12. The average molecular weight is 254 g/mol. The van der Waals surface area contributed by atoms with Gasteiger partial charge in [-0.2, -0.15) is 0 Å². The standard InChI is InChI=1S/C12H18N2O2S/c1-8(2)10-6-11(14-7-13-10)17-9(3)5-12(15)16-4/h6-9H,5H2,1-4H3. The highest BCUT2D eigenvalue weighted by molar-refractivity contribution is 7.99. The van der Waals surface area contributed by atoms with Gasteiger partial charge in [0, 0.05) is 10.9 Å². The monoisotopic (exact) mass is 254 g/mol. The van der Waals surface area contributed by atoms with E-state index in [2.05, 4.69) is 28.6 Å². The van der Waals surface area contributed by atoms with Crippen LogP contribution in [0.2, 0.25) is 0 Å². The highest BCUT2D eigenvalue weighted by atomic mass is 32.2. The fraction of sp³-hybridized carbons (Fsp3) is 0.583. The molecule has 17 heavy (non-hydrogen) atoms. The van der Waals surface area contributed by atoms with Gasteiger partial charge in [0.1, 0.15) is 6.33 Å². The molecule has 0 bridgehead atoms. The van der Waals surface area contributed by atoms with Crippen LogP contribution in [0.1, 0.15) is 38.8 Å². The smallest absolute Gasteiger partial charge is 0.306 e. The van der Waals surface area contributed by atoms with Crippen molar-refractivity contribution in [2.45, 2.75) is 43.4 Å². The molecule has 1 heterocycles. The van der Waals surface area contributed by atoms with Crippen molar-refractivity contribution in [2.24, 2.45) is 0 Å². The Morgan fingerprint density at radius 1 is 1.41 bits per heavy atom. The molecular formula is C12H18N2O2S. The molecule has 1 aromatic rings. The van der Waals surface area contributed by atoms with E-state index < -0.39 is 0 Å². The van der Waals surface area contributed by atoms with Gasteiger partial charge in [-0.3, -0.25) is 4.79 Å². The number of aromatic nitrogens is 2. The Balaban J connectivity index is 2.62. The second-order valence-corrected chi connectivity index (χ2v) is 5.60. The largest absolute Gasteiger partial charge is 0.469 e. The third kappa shape index (κ3) is 4.73. The predicted molar refractivity (Wildman–Crippen MR) is 68.1 cm³/mol. The second-order valence-electron chi connectivity index (χ2n) is 4.14. The molecule has 1 aromatic heterocycles. The number of hydrogen-bond acceptors (Lipinski definition) is 5. The van der Waals surface area contributed by atoms with Crippen molar-refractivity contribution >= 4 is 17.7 Å². The minimum Gasteiger partial charge on any atom is -0.469 e. The average Bonchev–Trinajstić information content (AvgIpc) is 2.28. The Bertz CT molecular complexity index is 383. The number of carbonyl (C=O) groups excluding carboxylic acids is 1. The lowest BCUT2D eigenvalue weighted by molar-refractivity contribution is -0.140. The van der Waals surface area contributed by atoms with Crippen LogP contribution in [0.15, 0.2) is 17.4 Å². The first-order valence-electron chi connectivity index (χ1n) is 5.58. The molecule has 5 heteroatoms. The highest BCUT2D eigenvalue weighted by Crippen LogP contribution is 2.25. The van der Waals surface area contributed by atoms with Crippen molar-refractivity contribution in [2.75, 3.05) is 7.11 Å². The first-order valence-corrected chi connectivity index (χ1v) is 6.46. The Kier molecular flexibility index (Phi) is 5.41. The van der Waals surface area contributed by atoms with Crippen molar-refractivity contribution in [3.63, 3.8) is 0 Å². The van der Waals surface area contributed by atoms with Gasteiger partial charge < -0.3 is 4.74 Å². The number of rotatable bonds is 5. The molecule has 0 saturated carbocycles. The number of carbonyl (C=O) groups is 1. The molecule has 0 radical (unpaired) electrons. The molecule has 0 spiro atoms. The van der Waals surface area contributed by atoms with Gasteiger partial charge in [0.05, 0.1) is 18.6 Å². The van der Waals surface area contributed by atoms with Gasteiger partial charge in [-0.15, -0.1) is 11.8 Å². The van der Waals surface area contributed by atoms with Crippen molar-refractivity contribution in [1.82, 2.24) is 9.97 Å². The maximum atomic E-state index is 11.1. The van der Waals surface area contributed by atoms with E-state index in [4.69, 9.17) is 0 Å². The zero-order valence-electron chi connectivity index (χ0n) is 10.6. The fourth-order valence-corrected chi connectivity index (χ4v) is 2.23. The third-order valence-electron chi connectivity index (χ3n) is 2.26. The topological polar surface area (TPSA) is 52.1 Å². The van der Waals surface area contributed by atoms with Gasteiger partial charge in [-0.05, 0) is 12.0 Å². The van der Waals surface area contributed by atoms with Crippen LogP contribution in [0.25, 0.3) is 0 Å². The van der Waals surface area contributed by atoms with E-state index in [1.807, 2.05) is 13.0 Å². The van der Waals surface area contributed by atoms with Crippen molar-refractivity contribution in [3.8, 4) is 0 Å². The number of thioether (sulfide) groups is 1. The van der Waals surface area contributed by atoms with Crippen molar-refractivity contribution in [3.05, 3.63) is 18.1 Å². The third-order valence-corrected chi connectivity index (χ3v) is 3.29. The molecule has 0 aromatic carbocycles. The first-order chi connectivity index (χ1) is 8.02. The lowest BCUT2D eigenvalue weighted by Crippen LogP contribution is -2.08. The summed E-state index contributed by atoms with van der Waals surface area (Å²) in [6.45, 7) is 6.17. The van der Waals surface area contributed by atoms with Crippen LogP contribution in [0.3, 0.4) is 0 Å². The van der Waals surface area contributed by atoms with Crippen molar-refractivity contribution in [1.29, 1.82) is 0 Å². The van der Waals surface area contributed by atoms with E-state index in [9.17, 15) is 4.79 Å². The Morgan fingerprint density at radius 3 is 2.71 bits per heavy atom. The molecule has 0 saturated heterocycles. The van der Waals surface area contributed by atoms with Crippen LogP contribution in [0.5, 0.6) is 0 Å². The van der Waals surface area contributed by atoms with Gasteiger partial charge in [0.2, 0.25) is 0 Å². The van der Waals surface area contributed by atoms with E-state index in [1.54, 1.807) is 18.1 Å². The molecule has 0 amide bonds. The second kappa shape index (κ2) is 6.59. The first kappa shape index (κ1) is 14.0. The lowest BCUT2D eigenvalue weighted by Gasteiger charge is -2.10. The summed E-state index contributed by atoms with van der Waals surface area (Å²) in [5, 5.41) is 1.05. The van der Waals surface area contributed by atoms with Gasteiger partial charge in [-0.25, -0.2) is 9.97 Å². The number of nitrogens with zero attached hydrogens (tertiary/aromatic N) is 2. The zero-order valence-corrected chi connectivity index (χ0v) is 11.5. The summed E-state index contributed by atoms with van der Waals surface area (Å²) >= 11 is 1.57. The van der Waals surface area contributed by atoms with Crippen LogP contribution in [0, 0.1) is 0 Å². The maximum absolute atomic E-state index is 11.1. The van der Waals surface area contributed by atoms with Crippen LogP contribution >= 0.6 is 11.8 Å². The Morgan fingerprint density at radius 2 is 2.12 bits per heavy atom. The van der Waals surface area contributed by atoms with Crippen LogP contribution in [-0.2, 0) is 9.53 Å². The quantitative estimate of drug-likeness (QED) is 0.459. The van der Waals surface area contributed by atoms with E-state index in [-0.39, 0.29) is 11.2 Å². The molecule has 1 unspecified atom stereocenters. The molecular weight excluding hydrogens is 236 g/mol. The molecule has 4 nitrogen and oxygen atoms in total. The number of hydrogen-bond donors (Lipinski definition) is 0. The van der Waals surface area contributed by atoms with E-state index in [0.717, 1.165) is 10.7 Å². The van der Waals surface area contributed by atoms with Gasteiger partial charge in [-0.1, -0.05) is 20.8 Å². The van der Waals surface area contributed by atoms with Gasteiger partial charge in [0.15, 0.2) is 0 Å². The summed E-state index contributed by atoms with van der Waals surface area (Å²) in [5.41, 5.74) is 1.02. The molecule has 0 N–H and O–H groups in total. The summed E-state index contributed by atoms with van der Waals surface area (Å²) in [5.74, 6) is 0.191. The number of esters is 1. The van der Waals surface area contributed by atoms with Crippen LogP contribution in [0.4, 0.5) is 0 Å². The molecule has 0 aliphatic carbocycles. The number of methoxy groups -OCH3 is 1. The molecule has 94 valence electrons. The summed E-state index contributed by atoms with van der Waals surface area (Å²) in [7, 11) is 1.40. The van der Waals surface area contributed by atoms with E-state index in [0.29, 0.717) is 12.3 Å². The summed E-state index contributed by atoms with van der Waals surface area (Å²) in [6, 6.07) is 1.98. The maximum Gasteiger partial charge on any atom is 0.306 e. The Hall–Kier alpha value is -1.10. The SMILES string of the molecule is COC(=O)CC(C)Sc1cc(C(C)C)ncn1. The lowest BCUT2D eigenvalue weighted by atomic mass is 10.1. The predicted octanol–water partition coefficient (Wildman–Crippen LogP) is 2.64. The van der Waals surface area contributed by atoms with Gasteiger partial charge >= 0.3 is 5.97 Å². The fourth-order valence-electron chi connectivity index (χ4n) is 1.30. The molecule has 0 aliphatic rings. The summed E-state index contributed by atoms with van der Waals surface area (Å²) < 4.78 is 4.64. The molecule has 0 aliphatic heterocycles. The van der Waals surface area contributed by atoms with Crippen LogP contribution < -0.4 is 0 Å². The van der Waals surface area contributed by atoms with E-state index >= 15 is 0 Å². The number of ether oxygens (including phenoxy) is 1. The van der Waals surface area contributed by atoms with Gasteiger partial charge in [0.25, 0.3) is 0 Å². The molecule has 1 rings (SSSR count). The van der Waals surface area contributed by atoms with Crippen LogP contribution in [-0.4, -0.2) is 28.3 Å². The van der Waals surface area contributed by atoms with Crippen molar-refractivity contribution < 1.29 is 9.53 Å². The summed E-state index contributed by atoms with van der Waals surface area (Å²) in [4.78, 5) is 19.5. The Labute approximate surface area is 106 Å².